The monoisotopic (exact) mass is 515 g/mol. The van der Waals surface area contributed by atoms with Crippen LogP contribution in [0.25, 0.3) is 11.5 Å². The third kappa shape index (κ3) is 4.93. The van der Waals surface area contributed by atoms with Crippen molar-refractivity contribution in [2.24, 2.45) is 0 Å². The molecular weight excluding hydrogens is 486 g/mol. The van der Waals surface area contributed by atoms with E-state index in [0.717, 1.165) is 5.56 Å². The number of carbonyl (C=O) groups excluding carboxylic acids is 1. The first-order chi connectivity index (χ1) is 18.0. The highest BCUT2D eigenvalue weighted by Crippen LogP contribution is 2.34. The van der Waals surface area contributed by atoms with Gasteiger partial charge in [0.25, 0.3) is 11.8 Å². The number of benzene rings is 1. The number of aromatic nitrogens is 4. The Morgan fingerprint density at radius 1 is 1.08 bits per heavy atom. The van der Waals surface area contributed by atoms with E-state index in [9.17, 15) is 15.0 Å². The fourth-order valence-corrected chi connectivity index (χ4v) is 4.23. The molecule has 0 unspecified atom stereocenters. The predicted octanol–water partition coefficient (Wildman–Crippen LogP) is 3.62. The lowest BCUT2D eigenvalue weighted by Gasteiger charge is -2.20. The van der Waals surface area contributed by atoms with Gasteiger partial charge in [-0.15, -0.1) is 10.2 Å². The average molecular weight is 516 g/mol. The predicted molar refractivity (Wildman–Crippen MR) is 141 cm³/mol. The maximum absolute atomic E-state index is 12.2. The number of pyridine rings is 2. The third-order valence-electron chi connectivity index (χ3n) is 6.21. The number of carbonyl (C=O) groups is 1. The first-order valence-corrected chi connectivity index (χ1v) is 12.2. The molecule has 1 amide bonds. The van der Waals surface area contributed by atoms with Crippen LogP contribution in [0.5, 0.6) is 0 Å². The van der Waals surface area contributed by atoms with Crippen LogP contribution in [0.3, 0.4) is 0 Å². The standard InChI is InChI=1S/C27H29N7O4/c1-26(2)22-16(23(36)32-26)10-11-20(31-22)30-21-12-18(29-19(14-35)15-8-6-5-7-9-15)17(13-28-21)24-33-34-25(38-24)27(3,4)37/h5-13,19,35,37H,14H2,1-4H3,(H,32,36)(H2,28,29,30,31)/t19-/m1/s1. The van der Waals surface area contributed by atoms with E-state index < -0.39 is 17.2 Å². The van der Waals surface area contributed by atoms with Gasteiger partial charge in [0.1, 0.15) is 17.2 Å². The zero-order chi connectivity index (χ0) is 27.1. The lowest BCUT2D eigenvalue weighted by atomic mass is 10.0. The molecule has 0 saturated heterocycles. The highest BCUT2D eigenvalue weighted by Gasteiger charge is 2.36. The van der Waals surface area contributed by atoms with Crippen molar-refractivity contribution < 1.29 is 19.4 Å². The summed E-state index contributed by atoms with van der Waals surface area (Å²) in [5.74, 6) is 1.05. The Bertz CT molecular complexity index is 1480. The quantitative estimate of drug-likeness (QED) is 0.235. The number of rotatable bonds is 8. The highest BCUT2D eigenvalue weighted by atomic mass is 16.4. The second-order valence-electron chi connectivity index (χ2n) is 10.2. The Hall–Kier alpha value is -4.35. The molecule has 4 aromatic rings. The number of hydrogen-bond acceptors (Lipinski definition) is 10. The van der Waals surface area contributed by atoms with Crippen LogP contribution in [-0.4, -0.2) is 42.9 Å². The molecule has 3 aromatic heterocycles. The smallest absolute Gasteiger partial charge is 0.253 e. The topological polar surface area (TPSA) is 158 Å². The number of amides is 1. The summed E-state index contributed by atoms with van der Waals surface area (Å²) in [5, 5.41) is 38.0. The minimum absolute atomic E-state index is 0.0653. The number of nitrogens with zero attached hydrogens (tertiary/aromatic N) is 4. The van der Waals surface area contributed by atoms with Crippen molar-refractivity contribution in [2.75, 3.05) is 17.2 Å². The number of anilines is 3. The minimum Gasteiger partial charge on any atom is -0.417 e. The van der Waals surface area contributed by atoms with E-state index >= 15 is 0 Å². The van der Waals surface area contributed by atoms with E-state index in [1.807, 2.05) is 44.2 Å². The second-order valence-corrected chi connectivity index (χ2v) is 10.2. The van der Waals surface area contributed by atoms with Gasteiger partial charge in [-0.1, -0.05) is 30.3 Å². The summed E-state index contributed by atoms with van der Waals surface area (Å²) in [6.45, 7) is 6.73. The summed E-state index contributed by atoms with van der Waals surface area (Å²) in [4.78, 5) is 21.4. The Kier molecular flexibility index (Phi) is 6.33. The van der Waals surface area contributed by atoms with Crippen molar-refractivity contribution in [1.29, 1.82) is 0 Å². The molecule has 0 bridgehead atoms. The van der Waals surface area contributed by atoms with Crippen molar-refractivity contribution in [1.82, 2.24) is 25.5 Å². The number of aliphatic hydroxyl groups excluding tert-OH is 1. The number of fused-ring (bicyclic) bond motifs is 1. The molecule has 11 nitrogen and oxygen atoms in total. The van der Waals surface area contributed by atoms with Crippen LogP contribution in [-0.2, 0) is 11.1 Å². The van der Waals surface area contributed by atoms with E-state index in [1.165, 1.54) is 0 Å². The Morgan fingerprint density at radius 2 is 1.84 bits per heavy atom. The molecule has 4 heterocycles. The molecule has 5 rings (SSSR count). The van der Waals surface area contributed by atoms with Crippen molar-refractivity contribution in [2.45, 2.75) is 44.9 Å². The van der Waals surface area contributed by atoms with Gasteiger partial charge in [0.05, 0.1) is 40.7 Å². The van der Waals surface area contributed by atoms with Gasteiger partial charge < -0.3 is 30.6 Å². The summed E-state index contributed by atoms with van der Waals surface area (Å²) >= 11 is 0. The molecular formula is C27H29N7O4. The third-order valence-corrected chi connectivity index (χ3v) is 6.21. The van der Waals surface area contributed by atoms with Gasteiger partial charge >= 0.3 is 0 Å². The Labute approximate surface area is 219 Å². The van der Waals surface area contributed by atoms with Crippen LogP contribution in [0.1, 0.15) is 61.2 Å². The fraction of sp³-hybridized carbons (Fsp3) is 0.296. The van der Waals surface area contributed by atoms with Gasteiger partial charge in [-0.05, 0) is 45.4 Å². The van der Waals surface area contributed by atoms with E-state index in [1.54, 1.807) is 38.2 Å². The largest absolute Gasteiger partial charge is 0.417 e. The van der Waals surface area contributed by atoms with E-state index in [4.69, 9.17) is 4.42 Å². The molecule has 1 aromatic carbocycles. The molecule has 0 radical (unpaired) electrons. The van der Waals surface area contributed by atoms with Crippen LogP contribution >= 0.6 is 0 Å². The lowest BCUT2D eigenvalue weighted by molar-refractivity contribution is 0.0488. The van der Waals surface area contributed by atoms with Gasteiger partial charge in [0, 0.05) is 12.3 Å². The van der Waals surface area contributed by atoms with Gasteiger partial charge in [-0.25, -0.2) is 9.97 Å². The summed E-state index contributed by atoms with van der Waals surface area (Å²) < 4.78 is 5.75. The second kappa shape index (κ2) is 9.51. The molecule has 38 heavy (non-hydrogen) atoms. The molecule has 196 valence electrons. The summed E-state index contributed by atoms with van der Waals surface area (Å²) in [6.07, 6.45) is 1.56. The highest BCUT2D eigenvalue weighted by molar-refractivity contribution is 5.99. The Balaban J connectivity index is 1.52. The van der Waals surface area contributed by atoms with Gasteiger partial charge in [0.15, 0.2) is 0 Å². The summed E-state index contributed by atoms with van der Waals surface area (Å²) in [7, 11) is 0. The summed E-state index contributed by atoms with van der Waals surface area (Å²) in [6, 6.07) is 14.3. The van der Waals surface area contributed by atoms with Crippen LogP contribution in [0.2, 0.25) is 0 Å². The van der Waals surface area contributed by atoms with Crippen molar-refractivity contribution in [3.05, 3.63) is 77.4 Å². The average Bonchev–Trinajstić information content (AvgIpc) is 3.46. The first kappa shape index (κ1) is 25.3. The maximum atomic E-state index is 12.2. The van der Waals surface area contributed by atoms with Gasteiger partial charge in [-0.3, -0.25) is 4.79 Å². The normalized spacial score (nSPS) is 15.1. The molecule has 0 saturated carbocycles. The zero-order valence-electron chi connectivity index (χ0n) is 21.5. The van der Waals surface area contributed by atoms with Crippen LogP contribution in [0, 0.1) is 0 Å². The minimum atomic E-state index is -1.31. The van der Waals surface area contributed by atoms with Crippen LogP contribution in [0.15, 0.2) is 59.1 Å². The van der Waals surface area contributed by atoms with Crippen LogP contribution < -0.4 is 16.0 Å². The SMILES string of the molecule is CC(C)(O)c1nnc(-c2cnc(Nc3ccc4c(n3)C(C)(C)NC4=O)cc2N[C@H](CO)c2ccccc2)o1. The van der Waals surface area contributed by atoms with Gasteiger partial charge in [-0.2, -0.15) is 0 Å². The lowest BCUT2D eigenvalue weighted by Crippen LogP contribution is -2.33. The Morgan fingerprint density at radius 3 is 2.53 bits per heavy atom. The molecule has 1 aliphatic heterocycles. The van der Waals surface area contributed by atoms with Crippen molar-refractivity contribution in [3.8, 4) is 11.5 Å². The van der Waals surface area contributed by atoms with E-state index in [-0.39, 0.29) is 24.3 Å². The van der Waals surface area contributed by atoms with Crippen molar-refractivity contribution in [3.63, 3.8) is 0 Å². The molecule has 1 atom stereocenters. The fourth-order valence-electron chi connectivity index (χ4n) is 4.23. The number of hydrogen-bond donors (Lipinski definition) is 5. The maximum Gasteiger partial charge on any atom is 0.253 e. The molecule has 0 aliphatic carbocycles. The molecule has 5 N–H and O–H groups in total. The number of nitrogens with one attached hydrogen (secondary N) is 3. The molecule has 1 aliphatic rings. The summed E-state index contributed by atoms with van der Waals surface area (Å²) in [5.41, 5.74) is 1.23. The van der Waals surface area contributed by atoms with Gasteiger partial charge in [0.2, 0.25) is 5.89 Å². The zero-order valence-corrected chi connectivity index (χ0v) is 21.5. The molecule has 11 heteroatoms. The number of aliphatic hydroxyl groups is 2. The van der Waals surface area contributed by atoms with Crippen molar-refractivity contribution >= 4 is 23.2 Å². The molecule has 0 fully saturated rings. The molecule has 0 spiro atoms. The first-order valence-electron chi connectivity index (χ1n) is 12.2. The van der Waals surface area contributed by atoms with Crippen LogP contribution in [0.4, 0.5) is 17.3 Å². The van der Waals surface area contributed by atoms with E-state index in [2.05, 4.69) is 36.1 Å². The van der Waals surface area contributed by atoms with E-state index in [0.29, 0.717) is 34.1 Å².